The van der Waals surface area contributed by atoms with Crippen molar-refractivity contribution in [3.8, 4) is 11.5 Å². The molecule has 0 aromatic heterocycles. The first kappa shape index (κ1) is 23.1. The van der Waals surface area contributed by atoms with E-state index in [1.165, 1.54) is 4.90 Å². The second kappa shape index (κ2) is 10.3. The molecule has 0 bridgehead atoms. The van der Waals surface area contributed by atoms with Crippen LogP contribution >= 0.6 is 0 Å². The molecule has 0 radical (unpaired) electrons. The van der Waals surface area contributed by atoms with E-state index in [9.17, 15) is 9.59 Å². The third kappa shape index (κ3) is 4.96. The van der Waals surface area contributed by atoms with Gasteiger partial charge in [-0.1, -0.05) is 43.3 Å². The number of nitrogens with zero attached hydrogens (tertiary/aromatic N) is 1. The Hall–Kier alpha value is -4.06. The maximum Gasteiger partial charge on any atom is 0.282 e. The van der Waals surface area contributed by atoms with Crippen LogP contribution in [0.4, 0.5) is 11.4 Å². The number of rotatable bonds is 9. The average molecular weight is 457 g/mol. The molecule has 1 aliphatic rings. The molecule has 1 heterocycles. The van der Waals surface area contributed by atoms with Crippen LogP contribution in [0, 0.1) is 0 Å². The minimum Gasteiger partial charge on any atom is -0.494 e. The number of hydrogen-bond acceptors (Lipinski definition) is 5. The van der Waals surface area contributed by atoms with E-state index in [0.717, 1.165) is 6.42 Å². The quantitative estimate of drug-likeness (QED) is 0.421. The van der Waals surface area contributed by atoms with Crippen LogP contribution in [-0.4, -0.2) is 24.5 Å². The minimum atomic E-state index is -0.415. The molecule has 6 heteroatoms. The van der Waals surface area contributed by atoms with Gasteiger partial charge in [0.05, 0.1) is 24.0 Å². The smallest absolute Gasteiger partial charge is 0.282 e. The molecule has 4 rings (SSSR count). The van der Waals surface area contributed by atoms with E-state index in [4.69, 9.17) is 9.47 Å². The Labute approximate surface area is 199 Å². The Morgan fingerprint density at radius 2 is 1.59 bits per heavy atom. The zero-order chi connectivity index (χ0) is 24.1. The first-order chi connectivity index (χ1) is 16.5. The number of benzene rings is 3. The van der Waals surface area contributed by atoms with Gasteiger partial charge in [-0.15, -0.1) is 0 Å². The maximum atomic E-state index is 13.5. The maximum absolute atomic E-state index is 13.5. The molecular formula is C28H28N2O4. The van der Waals surface area contributed by atoms with Crippen molar-refractivity contribution in [1.82, 2.24) is 0 Å². The van der Waals surface area contributed by atoms with E-state index >= 15 is 0 Å². The van der Waals surface area contributed by atoms with E-state index in [0.29, 0.717) is 40.6 Å². The third-order valence-corrected chi connectivity index (χ3v) is 5.19. The van der Waals surface area contributed by atoms with Crippen LogP contribution in [-0.2, 0) is 9.59 Å². The molecule has 174 valence electrons. The van der Waals surface area contributed by atoms with Crippen LogP contribution in [0.2, 0.25) is 0 Å². The molecule has 0 fully saturated rings. The first-order valence-corrected chi connectivity index (χ1v) is 11.4. The van der Waals surface area contributed by atoms with Crippen molar-refractivity contribution in [3.63, 3.8) is 0 Å². The third-order valence-electron chi connectivity index (χ3n) is 5.19. The van der Waals surface area contributed by atoms with E-state index < -0.39 is 5.91 Å². The highest BCUT2D eigenvalue weighted by molar-refractivity contribution is 6.46. The molecule has 0 atom stereocenters. The summed E-state index contributed by atoms with van der Waals surface area (Å²) in [5, 5.41) is 3.19. The minimum absolute atomic E-state index is 0.0279. The summed E-state index contributed by atoms with van der Waals surface area (Å²) >= 11 is 0. The van der Waals surface area contributed by atoms with Gasteiger partial charge in [0, 0.05) is 11.8 Å². The second-order valence-electron chi connectivity index (χ2n) is 8.22. The van der Waals surface area contributed by atoms with E-state index in [1.807, 2.05) is 75.4 Å². The van der Waals surface area contributed by atoms with Crippen LogP contribution in [0.3, 0.4) is 0 Å². The van der Waals surface area contributed by atoms with Crippen LogP contribution < -0.4 is 19.7 Å². The van der Waals surface area contributed by atoms with Gasteiger partial charge in [-0.2, -0.15) is 0 Å². The molecule has 0 unspecified atom stereocenters. The number of imide groups is 1. The van der Waals surface area contributed by atoms with Gasteiger partial charge < -0.3 is 14.8 Å². The van der Waals surface area contributed by atoms with Crippen LogP contribution in [0.25, 0.3) is 5.57 Å². The highest BCUT2D eigenvalue weighted by atomic mass is 16.5. The lowest BCUT2D eigenvalue weighted by atomic mass is 10.0. The van der Waals surface area contributed by atoms with Crippen molar-refractivity contribution in [2.45, 2.75) is 33.3 Å². The Bertz CT molecular complexity index is 1200. The van der Waals surface area contributed by atoms with Crippen LogP contribution in [0.5, 0.6) is 11.5 Å². The van der Waals surface area contributed by atoms with Gasteiger partial charge in [0.15, 0.2) is 0 Å². The molecule has 2 amide bonds. The molecule has 0 aliphatic carbocycles. The summed E-state index contributed by atoms with van der Waals surface area (Å²) in [6, 6.07) is 23.6. The van der Waals surface area contributed by atoms with Crippen molar-refractivity contribution < 1.29 is 19.1 Å². The average Bonchev–Trinajstić information content (AvgIpc) is 3.08. The fraction of sp³-hybridized carbons (Fsp3) is 0.214. The predicted molar refractivity (Wildman–Crippen MR) is 134 cm³/mol. The topological polar surface area (TPSA) is 67.9 Å². The summed E-state index contributed by atoms with van der Waals surface area (Å²) in [5.41, 5.74) is 2.38. The Morgan fingerprint density at radius 3 is 2.26 bits per heavy atom. The number of hydrogen-bond donors (Lipinski definition) is 1. The number of carbonyl (C=O) groups is 2. The highest BCUT2D eigenvalue weighted by Gasteiger charge is 2.40. The van der Waals surface area contributed by atoms with Crippen molar-refractivity contribution in [2.24, 2.45) is 0 Å². The zero-order valence-corrected chi connectivity index (χ0v) is 19.6. The Morgan fingerprint density at radius 1 is 0.853 bits per heavy atom. The molecule has 34 heavy (non-hydrogen) atoms. The molecule has 0 saturated heterocycles. The summed E-state index contributed by atoms with van der Waals surface area (Å²) in [5.74, 6) is 0.579. The van der Waals surface area contributed by atoms with E-state index in [1.54, 1.807) is 24.3 Å². The molecule has 1 aliphatic heterocycles. The van der Waals surface area contributed by atoms with Gasteiger partial charge in [0.1, 0.15) is 17.2 Å². The summed E-state index contributed by atoms with van der Waals surface area (Å²) < 4.78 is 11.4. The first-order valence-electron chi connectivity index (χ1n) is 11.4. The molecule has 0 saturated carbocycles. The molecule has 1 N–H and O–H groups in total. The van der Waals surface area contributed by atoms with Crippen LogP contribution in [0.15, 0.2) is 84.6 Å². The standard InChI is InChI=1S/C28H28N2O4/c1-4-17-33-24-12-8-11-21(18-24)29-26-25(20-9-6-5-7-10-20)27(31)30(28(26)32)22-13-15-23(16-14-22)34-19(2)3/h5-16,18-19,29H,4,17H2,1-3H3. The van der Waals surface area contributed by atoms with Crippen molar-refractivity contribution >= 4 is 28.8 Å². The lowest BCUT2D eigenvalue weighted by Crippen LogP contribution is -2.32. The fourth-order valence-corrected chi connectivity index (χ4v) is 3.73. The fourth-order valence-electron chi connectivity index (χ4n) is 3.73. The van der Waals surface area contributed by atoms with Crippen molar-refractivity contribution in [1.29, 1.82) is 0 Å². The monoisotopic (exact) mass is 456 g/mol. The number of nitrogens with one attached hydrogen (secondary N) is 1. The molecule has 0 spiro atoms. The van der Waals surface area contributed by atoms with Crippen LogP contribution in [0.1, 0.15) is 32.8 Å². The lowest BCUT2D eigenvalue weighted by Gasteiger charge is -2.17. The molecule has 3 aromatic rings. The van der Waals surface area contributed by atoms with Gasteiger partial charge in [-0.05, 0) is 62.2 Å². The normalized spacial score (nSPS) is 13.6. The number of ether oxygens (including phenoxy) is 2. The summed E-state index contributed by atoms with van der Waals surface area (Å²) in [4.78, 5) is 28.3. The number of amides is 2. The lowest BCUT2D eigenvalue weighted by molar-refractivity contribution is -0.120. The molecule has 6 nitrogen and oxygen atoms in total. The molecule has 3 aromatic carbocycles. The Balaban J connectivity index is 1.69. The largest absolute Gasteiger partial charge is 0.494 e. The summed E-state index contributed by atoms with van der Waals surface area (Å²) in [7, 11) is 0. The number of anilines is 2. The van der Waals surface area contributed by atoms with Crippen molar-refractivity contribution in [3.05, 3.63) is 90.1 Å². The van der Waals surface area contributed by atoms with Gasteiger partial charge in [0.25, 0.3) is 11.8 Å². The van der Waals surface area contributed by atoms with Gasteiger partial charge in [-0.3, -0.25) is 9.59 Å². The van der Waals surface area contributed by atoms with Gasteiger partial charge in [0.2, 0.25) is 0 Å². The highest BCUT2D eigenvalue weighted by Crippen LogP contribution is 2.34. The molecular weight excluding hydrogens is 428 g/mol. The number of carbonyl (C=O) groups excluding carboxylic acids is 2. The zero-order valence-electron chi connectivity index (χ0n) is 19.6. The van der Waals surface area contributed by atoms with Crippen molar-refractivity contribution in [2.75, 3.05) is 16.8 Å². The van der Waals surface area contributed by atoms with E-state index in [2.05, 4.69) is 5.32 Å². The van der Waals surface area contributed by atoms with Gasteiger partial charge >= 0.3 is 0 Å². The Kier molecular flexibility index (Phi) is 6.97. The predicted octanol–water partition coefficient (Wildman–Crippen LogP) is 5.66. The SMILES string of the molecule is CCCOc1cccc(NC2=C(c3ccccc3)C(=O)N(c3ccc(OC(C)C)cc3)C2=O)c1. The van der Waals surface area contributed by atoms with E-state index in [-0.39, 0.29) is 17.7 Å². The summed E-state index contributed by atoms with van der Waals surface area (Å²) in [6.07, 6.45) is 0.921. The van der Waals surface area contributed by atoms with Gasteiger partial charge in [-0.25, -0.2) is 4.90 Å². The second-order valence-corrected chi connectivity index (χ2v) is 8.22. The summed E-state index contributed by atoms with van der Waals surface area (Å²) in [6.45, 7) is 6.52.